The lowest BCUT2D eigenvalue weighted by atomic mass is 10.1. The van der Waals surface area contributed by atoms with Gasteiger partial charge in [0.25, 0.3) is 11.8 Å². The summed E-state index contributed by atoms with van der Waals surface area (Å²) in [6, 6.07) is 18.7. The second kappa shape index (κ2) is 7.93. The van der Waals surface area contributed by atoms with Gasteiger partial charge in [0.1, 0.15) is 5.75 Å². The second-order valence-electron chi connectivity index (χ2n) is 6.25. The predicted octanol–water partition coefficient (Wildman–Crippen LogP) is 3.93. The number of hydrogen-bond donors (Lipinski definition) is 2. The molecule has 0 spiro atoms. The number of methoxy groups -OCH3 is 1. The van der Waals surface area contributed by atoms with E-state index in [1.54, 1.807) is 73.8 Å². The minimum Gasteiger partial charge on any atom is -0.497 e. The van der Waals surface area contributed by atoms with Gasteiger partial charge in [-0.2, -0.15) is 0 Å². The molecular weight excluding hydrogens is 372 g/mol. The Morgan fingerprint density at radius 1 is 0.862 bits per heavy atom. The maximum absolute atomic E-state index is 12.7. The Labute approximate surface area is 167 Å². The lowest BCUT2D eigenvalue weighted by Gasteiger charge is -2.12. The smallest absolute Gasteiger partial charge is 0.257 e. The van der Waals surface area contributed by atoms with Crippen molar-refractivity contribution in [1.82, 2.24) is 0 Å². The first-order valence-electron chi connectivity index (χ1n) is 8.89. The summed E-state index contributed by atoms with van der Waals surface area (Å²) in [4.78, 5) is 25.4. The highest BCUT2D eigenvalue weighted by Crippen LogP contribution is 2.32. The molecule has 0 unspecified atom stereocenters. The van der Waals surface area contributed by atoms with E-state index < -0.39 is 0 Å². The van der Waals surface area contributed by atoms with Gasteiger partial charge in [0.2, 0.25) is 6.79 Å². The van der Waals surface area contributed by atoms with Crippen LogP contribution in [0.25, 0.3) is 0 Å². The largest absolute Gasteiger partial charge is 0.497 e. The van der Waals surface area contributed by atoms with Gasteiger partial charge in [-0.3, -0.25) is 9.59 Å². The number of carbonyl (C=O) groups is 2. The van der Waals surface area contributed by atoms with E-state index in [0.29, 0.717) is 39.8 Å². The molecule has 146 valence electrons. The van der Waals surface area contributed by atoms with Crippen molar-refractivity contribution >= 4 is 23.2 Å². The van der Waals surface area contributed by atoms with Gasteiger partial charge in [0.15, 0.2) is 11.5 Å². The van der Waals surface area contributed by atoms with Crippen molar-refractivity contribution in [3.63, 3.8) is 0 Å². The molecule has 3 aromatic rings. The third-order valence-electron chi connectivity index (χ3n) is 4.40. The third kappa shape index (κ3) is 3.98. The number of nitrogens with one attached hydrogen (secondary N) is 2. The number of para-hydroxylation sites is 1. The lowest BCUT2D eigenvalue weighted by Crippen LogP contribution is -2.18. The van der Waals surface area contributed by atoms with Crippen LogP contribution >= 0.6 is 0 Å². The van der Waals surface area contributed by atoms with Gasteiger partial charge in [-0.25, -0.2) is 0 Å². The van der Waals surface area contributed by atoms with E-state index in [2.05, 4.69) is 10.6 Å². The summed E-state index contributed by atoms with van der Waals surface area (Å²) < 4.78 is 15.7. The summed E-state index contributed by atoms with van der Waals surface area (Å²) in [5.74, 6) is 1.12. The van der Waals surface area contributed by atoms with Gasteiger partial charge in [-0.1, -0.05) is 12.1 Å². The molecular formula is C22H18N2O5. The maximum atomic E-state index is 12.7. The summed E-state index contributed by atoms with van der Waals surface area (Å²) in [5.41, 5.74) is 1.77. The molecule has 0 aromatic heterocycles. The second-order valence-corrected chi connectivity index (χ2v) is 6.25. The zero-order chi connectivity index (χ0) is 20.2. The molecule has 1 heterocycles. The van der Waals surface area contributed by atoms with Crippen LogP contribution in [-0.4, -0.2) is 25.7 Å². The van der Waals surface area contributed by atoms with Gasteiger partial charge >= 0.3 is 0 Å². The van der Waals surface area contributed by atoms with E-state index in [1.807, 2.05) is 0 Å². The van der Waals surface area contributed by atoms with E-state index in [-0.39, 0.29) is 18.6 Å². The zero-order valence-electron chi connectivity index (χ0n) is 15.6. The Balaban J connectivity index is 1.51. The van der Waals surface area contributed by atoms with Gasteiger partial charge in [-0.05, 0) is 54.6 Å². The third-order valence-corrected chi connectivity index (χ3v) is 4.40. The highest BCUT2D eigenvalue weighted by Gasteiger charge is 2.18. The quantitative estimate of drug-likeness (QED) is 0.689. The summed E-state index contributed by atoms with van der Waals surface area (Å²) in [7, 11) is 1.58. The van der Waals surface area contributed by atoms with E-state index in [1.165, 1.54) is 0 Å². The van der Waals surface area contributed by atoms with Crippen LogP contribution < -0.4 is 24.8 Å². The monoisotopic (exact) mass is 390 g/mol. The van der Waals surface area contributed by atoms with Crippen molar-refractivity contribution in [2.45, 2.75) is 0 Å². The van der Waals surface area contributed by atoms with Gasteiger partial charge in [0.05, 0.1) is 18.4 Å². The highest BCUT2D eigenvalue weighted by molar-refractivity contribution is 6.12. The first-order chi connectivity index (χ1) is 14.1. The molecule has 0 saturated heterocycles. The average Bonchev–Trinajstić information content (AvgIpc) is 3.22. The fourth-order valence-corrected chi connectivity index (χ4v) is 2.90. The molecule has 0 fully saturated rings. The average molecular weight is 390 g/mol. The Morgan fingerprint density at radius 3 is 2.41 bits per heavy atom. The van der Waals surface area contributed by atoms with Crippen LogP contribution in [0, 0.1) is 0 Å². The number of anilines is 2. The molecule has 0 aliphatic carbocycles. The highest BCUT2D eigenvalue weighted by atomic mass is 16.7. The topological polar surface area (TPSA) is 85.9 Å². The number of carbonyl (C=O) groups excluding carboxylic acids is 2. The van der Waals surface area contributed by atoms with E-state index in [4.69, 9.17) is 14.2 Å². The number of ether oxygens (including phenoxy) is 3. The van der Waals surface area contributed by atoms with Crippen LogP contribution in [0.2, 0.25) is 0 Å². The molecule has 1 aliphatic rings. The van der Waals surface area contributed by atoms with Crippen molar-refractivity contribution in [3.05, 3.63) is 77.9 Å². The van der Waals surface area contributed by atoms with E-state index in [9.17, 15) is 9.59 Å². The van der Waals surface area contributed by atoms with Crippen LogP contribution in [-0.2, 0) is 0 Å². The molecule has 2 N–H and O–H groups in total. The Kier molecular flexibility index (Phi) is 5.03. The molecule has 0 atom stereocenters. The number of fused-ring (bicyclic) bond motifs is 1. The number of rotatable bonds is 5. The number of amides is 2. The van der Waals surface area contributed by atoms with Crippen LogP contribution in [0.15, 0.2) is 66.7 Å². The van der Waals surface area contributed by atoms with Crippen molar-refractivity contribution in [2.75, 3.05) is 24.5 Å². The molecule has 0 radical (unpaired) electrons. The molecule has 7 nitrogen and oxygen atoms in total. The minimum absolute atomic E-state index is 0.134. The Hall–Kier alpha value is -4.00. The minimum atomic E-state index is -0.354. The molecule has 4 rings (SSSR count). The van der Waals surface area contributed by atoms with Crippen molar-refractivity contribution in [1.29, 1.82) is 0 Å². The fraction of sp³-hybridized carbons (Fsp3) is 0.0909. The molecule has 0 saturated carbocycles. The standard InChI is InChI=1S/C22H18N2O5/c1-27-16-9-7-15(8-10-16)23-22(26)17-4-2-3-5-18(17)24-21(25)14-6-11-19-20(12-14)29-13-28-19/h2-12H,13H2,1H3,(H,23,26)(H,24,25). The van der Waals surface area contributed by atoms with Crippen LogP contribution in [0.1, 0.15) is 20.7 Å². The van der Waals surface area contributed by atoms with E-state index in [0.717, 1.165) is 0 Å². The number of benzene rings is 3. The molecule has 1 aliphatic heterocycles. The van der Waals surface area contributed by atoms with Crippen molar-refractivity contribution in [3.8, 4) is 17.2 Å². The molecule has 29 heavy (non-hydrogen) atoms. The predicted molar refractivity (Wildman–Crippen MR) is 108 cm³/mol. The van der Waals surface area contributed by atoms with Crippen molar-refractivity contribution < 1.29 is 23.8 Å². The summed E-state index contributed by atoms with van der Waals surface area (Å²) in [5, 5.41) is 5.60. The Bertz CT molecular complexity index is 1060. The lowest BCUT2D eigenvalue weighted by molar-refractivity contribution is 0.102. The zero-order valence-corrected chi connectivity index (χ0v) is 15.6. The summed E-state index contributed by atoms with van der Waals surface area (Å²) in [6.45, 7) is 0.134. The SMILES string of the molecule is COc1ccc(NC(=O)c2ccccc2NC(=O)c2ccc3c(c2)OCO3)cc1. The first kappa shape index (κ1) is 18.4. The molecule has 2 amide bonds. The van der Waals surface area contributed by atoms with Gasteiger partial charge < -0.3 is 24.8 Å². The molecule has 7 heteroatoms. The Morgan fingerprint density at radius 2 is 1.62 bits per heavy atom. The van der Waals surface area contributed by atoms with Crippen LogP contribution in [0.3, 0.4) is 0 Å². The van der Waals surface area contributed by atoms with Crippen molar-refractivity contribution in [2.24, 2.45) is 0 Å². The van der Waals surface area contributed by atoms with Crippen LogP contribution in [0.5, 0.6) is 17.2 Å². The molecule has 0 bridgehead atoms. The first-order valence-corrected chi connectivity index (χ1v) is 8.89. The van der Waals surface area contributed by atoms with E-state index >= 15 is 0 Å². The summed E-state index contributed by atoms with van der Waals surface area (Å²) in [6.07, 6.45) is 0. The molecule has 3 aromatic carbocycles. The normalized spacial score (nSPS) is 11.6. The summed E-state index contributed by atoms with van der Waals surface area (Å²) >= 11 is 0. The van der Waals surface area contributed by atoms with Gasteiger partial charge in [-0.15, -0.1) is 0 Å². The maximum Gasteiger partial charge on any atom is 0.257 e. The fourth-order valence-electron chi connectivity index (χ4n) is 2.90. The number of hydrogen-bond acceptors (Lipinski definition) is 5. The van der Waals surface area contributed by atoms with Gasteiger partial charge in [0, 0.05) is 11.3 Å². The van der Waals surface area contributed by atoms with Crippen LogP contribution in [0.4, 0.5) is 11.4 Å².